The van der Waals surface area contributed by atoms with Crippen LogP contribution >= 0.6 is 0 Å². The minimum Gasteiger partial charge on any atom is -0.329 e. The summed E-state index contributed by atoms with van der Waals surface area (Å²) in [5.41, 5.74) is 0.398. The molecule has 0 aromatic heterocycles. The second-order valence-corrected chi connectivity index (χ2v) is 2.60. The van der Waals surface area contributed by atoms with Crippen LogP contribution in [-0.2, 0) is 4.79 Å². The lowest BCUT2D eigenvalue weighted by Gasteiger charge is -2.21. The van der Waals surface area contributed by atoms with Crippen LogP contribution in [0.5, 0.6) is 0 Å². The second-order valence-electron chi connectivity index (χ2n) is 2.60. The van der Waals surface area contributed by atoms with Gasteiger partial charge in [0.15, 0.2) is 17.8 Å². The van der Waals surface area contributed by atoms with Crippen LogP contribution in [0.15, 0.2) is 15.0 Å². The molecule has 2 N–H and O–H groups in total. The van der Waals surface area contributed by atoms with Gasteiger partial charge < -0.3 is 5.32 Å². The standard InChI is InChI=1S/C7H9N5O/c1-2-8-7-11-5-4(6(13)12-7)9-3-10-5/h3,5H,2H2,1H3,(H2,8,11,12,13). The maximum Gasteiger partial charge on any atom is 0.276 e. The summed E-state index contributed by atoms with van der Waals surface area (Å²) in [6, 6.07) is 0. The van der Waals surface area contributed by atoms with E-state index in [0.717, 1.165) is 0 Å². The van der Waals surface area contributed by atoms with Gasteiger partial charge in [-0.15, -0.1) is 0 Å². The van der Waals surface area contributed by atoms with E-state index in [4.69, 9.17) is 0 Å². The first-order chi connectivity index (χ1) is 6.31. The van der Waals surface area contributed by atoms with Gasteiger partial charge >= 0.3 is 0 Å². The largest absolute Gasteiger partial charge is 0.329 e. The normalized spacial score (nSPS) is 28.1. The zero-order valence-electron chi connectivity index (χ0n) is 7.11. The first-order valence-electron chi connectivity index (χ1n) is 4.03. The lowest BCUT2D eigenvalue weighted by molar-refractivity contribution is -0.114. The van der Waals surface area contributed by atoms with Gasteiger partial charge in [-0.2, -0.15) is 0 Å². The molecule has 1 fully saturated rings. The molecule has 0 bridgehead atoms. The lowest BCUT2D eigenvalue weighted by Crippen LogP contribution is -2.58. The van der Waals surface area contributed by atoms with Crippen LogP contribution in [-0.4, -0.2) is 36.6 Å². The third-order valence-corrected chi connectivity index (χ3v) is 1.73. The highest BCUT2D eigenvalue weighted by Crippen LogP contribution is 2.02. The Kier molecular flexibility index (Phi) is 1.80. The van der Waals surface area contributed by atoms with Crippen molar-refractivity contribution in [1.29, 1.82) is 0 Å². The molecule has 6 heteroatoms. The van der Waals surface area contributed by atoms with E-state index in [1.807, 2.05) is 6.92 Å². The van der Waals surface area contributed by atoms with E-state index < -0.39 is 0 Å². The number of guanidine groups is 1. The Balaban J connectivity index is 2.20. The molecule has 2 rings (SSSR count). The molecule has 0 aromatic rings. The number of fused-ring (bicyclic) bond motifs is 1. The highest BCUT2D eigenvalue weighted by atomic mass is 16.2. The molecule has 6 nitrogen and oxygen atoms in total. The molecule has 1 unspecified atom stereocenters. The Hall–Kier alpha value is -1.72. The number of amides is 1. The van der Waals surface area contributed by atoms with Gasteiger partial charge in [0, 0.05) is 6.54 Å². The maximum absolute atomic E-state index is 11.3. The van der Waals surface area contributed by atoms with Gasteiger partial charge in [0.25, 0.3) is 5.91 Å². The zero-order valence-corrected chi connectivity index (χ0v) is 7.11. The topological polar surface area (TPSA) is 78.2 Å². The van der Waals surface area contributed by atoms with E-state index in [9.17, 15) is 4.79 Å². The highest BCUT2D eigenvalue weighted by molar-refractivity contribution is 6.46. The molecule has 0 aliphatic carbocycles. The van der Waals surface area contributed by atoms with Crippen LogP contribution in [0.2, 0.25) is 0 Å². The molecular formula is C7H9N5O. The number of carbonyl (C=O) groups excluding carboxylic acids is 1. The maximum atomic E-state index is 11.3. The number of hydrogen-bond donors (Lipinski definition) is 2. The average Bonchev–Trinajstić information content (AvgIpc) is 2.53. The number of nitrogens with one attached hydrogen (secondary N) is 2. The fraction of sp³-hybridized carbons (Fsp3) is 0.429. The minimum absolute atomic E-state index is 0.228. The number of carbonyl (C=O) groups is 1. The summed E-state index contributed by atoms with van der Waals surface area (Å²) in [7, 11) is 0. The third-order valence-electron chi connectivity index (χ3n) is 1.73. The highest BCUT2D eigenvalue weighted by Gasteiger charge is 2.31. The molecule has 2 aliphatic rings. The smallest absolute Gasteiger partial charge is 0.276 e. The first kappa shape index (κ1) is 7.90. The molecule has 2 aliphatic heterocycles. The van der Waals surface area contributed by atoms with Gasteiger partial charge in [0.1, 0.15) is 6.34 Å². The summed E-state index contributed by atoms with van der Waals surface area (Å²) in [5.74, 6) is 0.240. The zero-order chi connectivity index (χ0) is 9.26. The summed E-state index contributed by atoms with van der Waals surface area (Å²) >= 11 is 0. The fourth-order valence-corrected chi connectivity index (χ4v) is 1.17. The minimum atomic E-state index is -0.348. The quantitative estimate of drug-likeness (QED) is 0.535. The number of nitrogens with zero attached hydrogens (tertiary/aromatic N) is 3. The van der Waals surface area contributed by atoms with Crippen LogP contribution in [0.25, 0.3) is 0 Å². The van der Waals surface area contributed by atoms with Crippen LogP contribution in [0.4, 0.5) is 0 Å². The van der Waals surface area contributed by atoms with Crippen molar-refractivity contribution in [1.82, 2.24) is 10.6 Å². The van der Waals surface area contributed by atoms with Gasteiger partial charge in [0.2, 0.25) is 0 Å². The fourth-order valence-electron chi connectivity index (χ4n) is 1.17. The van der Waals surface area contributed by atoms with Crippen LogP contribution < -0.4 is 10.6 Å². The van der Waals surface area contributed by atoms with Gasteiger partial charge in [-0.25, -0.2) is 9.98 Å². The van der Waals surface area contributed by atoms with Crippen molar-refractivity contribution < 1.29 is 4.79 Å². The van der Waals surface area contributed by atoms with Crippen molar-refractivity contribution >= 4 is 23.9 Å². The molecule has 68 valence electrons. The first-order valence-corrected chi connectivity index (χ1v) is 4.03. The lowest BCUT2D eigenvalue weighted by atomic mass is 10.2. The van der Waals surface area contributed by atoms with Crippen molar-refractivity contribution in [3.63, 3.8) is 0 Å². The van der Waals surface area contributed by atoms with Gasteiger partial charge in [0.05, 0.1) is 0 Å². The van der Waals surface area contributed by atoms with Crippen molar-refractivity contribution in [2.75, 3.05) is 6.54 Å². The summed E-state index contributed by atoms with van der Waals surface area (Å²) in [6.07, 6.45) is 1.03. The SMILES string of the molecule is CCN=C1NC(=O)C2=NC=NC2N1. The van der Waals surface area contributed by atoms with Gasteiger partial charge in [-0.3, -0.25) is 15.1 Å². The molecule has 2 heterocycles. The summed E-state index contributed by atoms with van der Waals surface area (Å²) < 4.78 is 0. The number of aliphatic imine (C=N–C) groups is 3. The Labute approximate surface area is 74.9 Å². The van der Waals surface area contributed by atoms with E-state index in [1.165, 1.54) is 6.34 Å². The molecule has 1 atom stereocenters. The second kappa shape index (κ2) is 2.96. The average molecular weight is 179 g/mol. The number of hydrogen-bond acceptors (Lipinski definition) is 4. The number of rotatable bonds is 1. The van der Waals surface area contributed by atoms with E-state index in [0.29, 0.717) is 18.2 Å². The van der Waals surface area contributed by atoms with Crippen molar-refractivity contribution in [2.24, 2.45) is 15.0 Å². The monoisotopic (exact) mass is 179 g/mol. The predicted molar refractivity (Wildman–Crippen MR) is 49.0 cm³/mol. The molecule has 13 heavy (non-hydrogen) atoms. The molecule has 0 aromatic carbocycles. The molecule has 0 radical (unpaired) electrons. The molecular weight excluding hydrogens is 170 g/mol. The van der Waals surface area contributed by atoms with E-state index in [2.05, 4.69) is 25.6 Å². The molecule has 1 amide bonds. The predicted octanol–water partition coefficient (Wildman–Crippen LogP) is -1.11. The summed E-state index contributed by atoms with van der Waals surface area (Å²) in [4.78, 5) is 23.1. The third kappa shape index (κ3) is 1.30. The Morgan fingerprint density at radius 2 is 2.54 bits per heavy atom. The summed E-state index contributed by atoms with van der Waals surface area (Å²) in [6.45, 7) is 2.51. The summed E-state index contributed by atoms with van der Waals surface area (Å²) in [5, 5.41) is 5.51. The van der Waals surface area contributed by atoms with E-state index in [-0.39, 0.29) is 12.1 Å². The van der Waals surface area contributed by atoms with Crippen LogP contribution in [0.3, 0.4) is 0 Å². The Bertz CT molecular complexity index is 330. The van der Waals surface area contributed by atoms with Crippen molar-refractivity contribution in [3.05, 3.63) is 0 Å². The van der Waals surface area contributed by atoms with E-state index >= 15 is 0 Å². The Morgan fingerprint density at radius 1 is 1.69 bits per heavy atom. The molecule has 0 spiro atoms. The van der Waals surface area contributed by atoms with Crippen molar-refractivity contribution in [3.8, 4) is 0 Å². The van der Waals surface area contributed by atoms with Crippen LogP contribution in [0.1, 0.15) is 6.92 Å². The van der Waals surface area contributed by atoms with Gasteiger partial charge in [-0.05, 0) is 6.92 Å². The van der Waals surface area contributed by atoms with E-state index in [1.54, 1.807) is 0 Å². The molecule has 1 saturated heterocycles. The van der Waals surface area contributed by atoms with Crippen molar-refractivity contribution in [2.45, 2.75) is 13.1 Å². The van der Waals surface area contributed by atoms with Crippen LogP contribution in [0, 0.1) is 0 Å². The Morgan fingerprint density at radius 3 is 3.31 bits per heavy atom. The van der Waals surface area contributed by atoms with Gasteiger partial charge in [-0.1, -0.05) is 0 Å². The molecule has 0 saturated carbocycles.